The molecule has 0 spiro atoms. The van der Waals surface area contributed by atoms with Crippen molar-refractivity contribution in [3.63, 3.8) is 0 Å². The Morgan fingerprint density at radius 1 is 1.33 bits per heavy atom. The Bertz CT molecular complexity index is 98.5. The Hall–Kier alpha value is -0.120. The Morgan fingerprint density at radius 2 is 2.00 bits per heavy atom. The lowest BCUT2D eigenvalue weighted by molar-refractivity contribution is 0.165. The molecule has 0 heterocycles. The molecule has 2 atom stereocenters. The van der Waals surface area contributed by atoms with E-state index in [0.29, 0.717) is 12.1 Å². The monoisotopic (exact) mass is 175 g/mol. The minimum absolute atomic E-state index is 0.282. The molecule has 0 rings (SSSR count). The van der Waals surface area contributed by atoms with E-state index in [1.807, 2.05) is 0 Å². The van der Waals surface area contributed by atoms with E-state index in [4.69, 9.17) is 9.84 Å². The highest BCUT2D eigenvalue weighted by Gasteiger charge is 2.05. The number of aliphatic hydroxyl groups excluding tert-OH is 1. The highest BCUT2D eigenvalue weighted by atomic mass is 16.5. The average molecular weight is 175 g/mol. The van der Waals surface area contributed by atoms with Crippen molar-refractivity contribution in [2.24, 2.45) is 0 Å². The molecule has 0 radical (unpaired) electrons. The molecule has 0 unspecified atom stereocenters. The number of rotatable bonds is 7. The number of aliphatic hydroxyl groups is 1. The summed E-state index contributed by atoms with van der Waals surface area (Å²) in [5, 5.41) is 12.0. The molecule has 0 saturated heterocycles. The first-order valence-electron chi connectivity index (χ1n) is 4.56. The molecule has 0 aliphatic heterocycles. The zero-order valence-electron chi connectivity index (χ0n) is 8.34. The molecule has 0 aromatic heterocycles. The van der Waals surface area contributed by atoms with E-state index in [2.05, 4.69) is 19.2 Å². The predicted octanol–water partition coefficient (Wildman–Crippen LogP) is 0.772. The predicted molar refractivity (Wildman–Crippen MR) is 50.3 cm³/mol. The van der Waals surface area contributed by atoms with Crippen molar-refractivity contribution >= 4 is 0 Å². The van der Waals surface area contributed by atoms with Crippen molar-refractivity contribution in [2.75, 3.05) is 20.3 Å². The molecule has 0 aromatic carbocycles. The van der Waals surface area contributed by atoms with Gasteiger partial charge in [0.05, 0.1) is 6.61 Å². The van der Waals surface area contributed by atoms with Crippen LogP contribution in [0.1, 0.15) is 26.7 Å². The van der Waals surface area contributed by atoms with Crippen LogP contribution in [0.2, 0.25) is 0 Å². The van der Waals surface area contributed by atoms with Crippen molar-refractivity contribution in [1.29, 1.82) is 0 Å². The number of hydrogen-bond donors (Lipinski definition) is 2. The van der Waals surface area contributed by atoms with Gasteiger partial charge in [0.1, 0.15) is 0 Å². The van der Waals surface area contributed by atoms with Gasteiger partial charge in [-0.3, -0.25) is 0 Å². The molecule has 0 aliphatic rings. The van der Waals surface area contributed by atoms with E-state index in [9.17, 15) is 0 Å². The summed E-state index contributed by atoms with van der Waals surface area (Å²) < 4.78 is 5.00. The van der Waals surface area contributed by atoms with Gasteiger partial charge in [-0.25, -0.2) is 0 Å². The van der Waals surface area contributed by atoms with Gasteiger partial charge in [-0.2, -0.15) is 0 Å². The van der Waals surface area contributed by atoms with E-state index < -0.39 is 0 Å². The second kappa shape index (κ2) is 7.53. The molecule has 0 amide bonds. The normalized spacial score (nSPS) is 16.0. The lowest BCUT2D eigenvalue weighted by Crippen LogP contribution is -2.37. The van der Waals surface area contributed by atoms with Crippen LogP contribution in [-0.4, -0.2) is 37.5 Å². The van der Waals surface area contributed by atoms with Gasteiger partial charge in [-0.05, 0) is 26.7 Å². The summed E-state index contributed by atoms with van der Waals surface area (Å²) in [5.74, 6) is 0. The van der Waals surface area contributed by atoms with Crippen LogP contribution in [0, 0.1) is 0 Å². The summed E-state index contributed by atoms with van der Waals surface area (Å²) in [6.07, 6.45) is 1.89. The summed E-state index contributed by atoms with van der Waals surface area (Å²) in [6.45, 7) is 5.24. The van der Waals surface area contributed by atoms with Crippen LogP contribution < -0.4 is 5.32 Å². The molecule has 0 fully saturated rings. The molecule has 3 nitrogen and oxygen atoms in total. The second-order valence-corrected chi connectivity index (χ2v) is 3.29. The van der Waals surface area contributed by atoms with Crippen LogP contribution in [0.25, 0.3) is 0 Å². The highest BCUT2D eigenvalue weighted by Crippen LogP contribution is 1.97. The number of hydrogen-bond acceptors (Lipinski definition) is 3. The van der Waals surface area contributed by atoms with E-state index in [1.54, 1.807) is 7.11 Å². The molecular formula is C9H21NO2. The van der Waals surface area contributed by atoms with Crippen molar-refractivity contribution in [3.8, 4) is 0 Å². The van der Waals surface area contributed by atoms with Gasteiger partial charge in [0.15, 0.2) is 0 Å². The first kappa shape index (κ1) is 11.9. The van der Waals surface area contributed by atoms with Crippen LogP contribution in [0.15, 0.2) is 0 Å². The quantitative estimate of drug-likeness (QED) is 0.600. The molecule has 0 aliphatic carbocycles. The Morgan fingerprint density at radius 3 is 2.50 bits per heavy atom. The SMILES string of the molecule is COC[C@H](C)N[C@H](C)CCCO. The van der Waals surface area contributed by atoms with Crippen LogP contribution in [0.5, 0.6) is 0 Å². The lowest BCUT2D eigenvalue weighted by Gasteiger charge is -2.18. The largest absolute Gasteiger partial charge is 0.396 e. The average Bonchev–Trinajstić information content (AvgIpc) is 2.01. The van der Waals surface area contributed by atoms with E-state index in [-0.39, 0.29) is 6.61 Å². The zero-order valence-corrected chi connectivity index (χ0v) is 8.34. The summed E-state index contributed by atoms with van der Waals surface area (Å²) in [7, 11) is 1.70. The Balaban J connectivity index is 3.33. The van der Waals surface area contributed by atoms with Gasteiger partial charge >= 0.3 is 0 Å². The third-order valence-corrected chi connectivity index (χ3v) is 1.78. The molecular weight excluding hydrogens is 154 g/mol. The summed E-state index contributed by atoms with van der Waals surface area (Å²) in [6, 6.07) is 0.853. The van der Waals surface area contributed by atoms with Gasteiger partial charge in [-0.1, -0.05) is 0 Å². The fourth-order valence-corrected chi connectivity index (χ4v) is 1.26. The van der Waals surface area contributed by atoms with Crippen LogP contribution in [-0.2, 0) is 4.74 Å². The fraction of sp³-hybridized carbons (Fsp3) is 1.00. The fourth-order valence-electron chi connectivity index (χ4n) is 1.26. The number of nitrogens with one attached hydrogen (secondary N) is 1. The highest BCUT2D eigenvalue weighted by molar-refractivity contribution is 4.66. The van der Waals surface area contributed by atoms with Crippen molar-refractivity contribution in [3.05, 3.63) is 0 Å². The van der Waals surface area contributed by atoms with Gasteiger partial charge < -0.3 is 15.2 Å². The van der Waals surface area contributed by atoms with E-state index >= 15 is 0 Å². The Labute approximate surface area is 75.1 Å². The Kier molecular flexibility index (Phi) is 7.45. The zero-order chi connectivity index (χ0) is 9.40. The van der Waals surface area contributed by atoms with Gasteiger partial charge in [0.2, 0.25) is 0 Å². The number of ether oxygens (including phenoxy) is 1. The second-order valence-electron chi connectivity index (χ2n) is 3.29. The maximum Gasteiger partial charge on any atom is 0.0613 e. The first-order chi connectivity index (χ1) is 5.70. The summed E-state index contributed by atoms with van der Waals surface area (Å²) >= 11 is 0. The van der Waals surface area contributed by atoms with Gasteiger partial charge in [0.25, 0.3) is 0 Å². The molecule has 0 aromatic rings. The lowest BCUT2D eigenvalue weighted by atomic mass is 10.1. The van der Waals surface area contributed by atoms with Crippen LogP contribution in [0.3, 0.4) is 0 Å². The maximum atomic E-state index is 8.60. The minimum atomic E-state index is 0.282. The smallest absolute Gasteiger partial charge is 0.0613 e. The molecule has 2 N–H and O–H groups in total. The molecule has 0 saturated carbocycles. The third-order valence-electron chi connectivity index (χ3n) is 1.78. The minimum Gasteiger partial charge on any atom is -0.396 e. The molecule has 0 bridgehead atoms. The van der Waals surface area contributed by atoms with Crippen molar-refractivity contribution in [1.82, 2.24) is 5.32 Å². The number of methoxy groups -OCH3 is 1. The van der Waals surface area contributed by atoms with Crippen LogP contribution >= 0.6 is 0 Å². The van der Waals surface area contributed by atoms with E-state index in [1.165, 1.54) is 0 Å². The third kappa shape index (κ3) is 6.58. The van der Waals surface area contributed by atoms with Crippen LogP contribution in [0.4, 0.5) is 0 Å². The molecule has 74 valence electrons. The van der Waals surface area contributed by atoms with Crippen molar-refractivity contribution in [2.45, 2.75) is 38.8 Å². The molecule has 3 heteroatoms. The summed E-state index contributed by atoms with van der Waals surface area (Å²) in [4.78, 5) is 0. The molecule has 12 heavy (non-hydrogen) atoms. The van der Waals surface area contributed by atoms with Gasteiger partial charge in [0, 0.05) is 25.8 Å². The summed E-state index contributed by atoms with van der Waals surface area (Å²) in [5.41, 5.74) is 0. The first-order valence-corrected chi connectivity index (χ1v) is 4.56. The van der Waals surface area contributed by atoms with Gasteiger partial charge in [-0.15, -0.1) is 0 Å². The van der Waals surface area contributed by atoms with Crippen molar-refractivity contribution < 1.29 is 9.84 Å². The van der Waals surface area contributed by atoms with E-state index in [0.717, 1.165) is 19.4 Å². The standard InChI is InChI=1S/C9H21NO2/c1-8(5-4-6-11)10-9(2)7-12-3/h8-11H,4-7H2,1-3H3/t8-,9+/m1/s1. The maximum absolute atomic E-state index is 8.60. The topological polar surface area (TPSA) is 41.5 Å².